The molecule has 2 heterocycles. The topological polar surface area (TPSA) is 109 Å². The molecule has 1 fully saturated rings. The first-order chi connectivity index (χ1) is 14.8. The standard InChI is InChI=1S/C19H18ClF3N6O2/c20-12-5-10(1-2-13(12)21)29(30)18(24)11-6-14(22)15(23)17-16(11)27-19(28-17)26-9-7-25-3-4-31-8-9/h1-2,5-6,9,24-25,30H,3-4,7-8H2,(H2,26,27,28). The van der Waals surface area contributed by atoms with Crippen molar-refractivity contribution in [1.29, 1.82) is 5.41 Å². The Kier molecular flexibility index (Phi) is 6.01. The third-order valence-corrected chi connectivity index (χ3v) is 5.04. The van der Waals surface area contributed by atoms with Gasteiger partial charge < -0.3 is 20.4 Å². The minimum atomic E-state index is -1.24. The minimum Gasteiger partial charge on any atom is -0.378 e. The average molecular weight is 455 g/mol. The number of aromatic amines is 1. The lowest BCUT2D eigenvalue weighted by atomic mass is 10.1. The second kappa shape index (κ2) is 8.71. The molecule has 1 aliphatic heterocycles. The maximum Gasteiger partial charge on any atom is 0.201 e. The molecule has 31 heavy (non-hydrogen) atoms. The molecule has 1 unspecified atom stereocenters. The Balaban J connectivity index is 1.69. The van der Waals surface area contributed by atoms with Crippen LogP contribution in [-0.2, 0) is 4.74 Å². The van der Waals surface area contributed by atoms with Crippen LogP contribution in [0, 0.1) is 22.9 Å². The van der Waals surface area contributed by atoms with Gasteiger partial charge in [-0.05, 0) is 24.3 Å². The number of benzene rings is 2. The van der Waals surface area contributed by atoms with E-state index >= 15 is 0 Å². The van der Waals surface area contributed by atoms with Crippen molar-refractivity contribution in [1.82, 2.24) is 15.3 Å². The molecule has 12 heteroatoms. The predicted octanol–water partition coefficient (Wildman–Crippen LogP) is 3.26. The van der Waals surface area contributed by atoms with Crippen LogP contribution in [0.5, 0.6) is 0 Å². The van der Waals surface area contributed by atoms with Crippen molar-refractivity contribution in [2.45, 2.75) is 6.04 Å². The van der Waals surface area contributed by atoms with E-state index in [-0.39, 0.29) is 39.3 Å². The number of hydrogen-bond acceptors (Lipinski definition) is 6. The molecule has 5 N–H and O–H groups in total. The number of H-pyrrole nitrogens is 1. The molecule has 2 aromatic carbocycles. The number of nitrogens with one attached hydrogen (secondary N) is 4. The van der Waals surface area contributed by atoms with Crippen molar-refractivity contribution in [3.63, 3.8) is 0 Å². The molecular weight excluding hydrogens is 437 g/mol. The van der Waals surface area contributed by atoms with Crippen LogP contribution < -0.4 is 15.7 Å². The molecule has 0 bridgehead atoms. The summed E-state index contributed by atoms with van der Waals surface area (Å²) < 4.78 is 47.5. The normalized spacial score (nSPS) is 16.9. The van der Waals surface area contributed by atoms with Gasteiger partial charge in [0.05, 0.1) is 35.5 Å². The molecule has 0 saturated carbocycles. The lowest BCUT2D eigenvalue weighted by molar-refractivity contribution is 0.145. The first-order valence-corrected chi connectivity index (χ1v) is 9.68. The minimum absolute atomic E-state index is 0.00107. The van der Waals surface area contributed by atoms with Gasteiger partial charge in [-0.25, -0.2) is 23.2 Å². The number of aromatic nitrogens is 2. The fraction of sp³-hybridized carbons (Fsp3) is 0.263. The fourth-order valence-corrected chi connectivity index (χ4v) is 3.38. The first kappa shape index (κ1) is 21.4. The second-order valence-corrected chi connectivity index (χ2v) is 7.32. The van der Waals surface area contributed by atoms with E-state index in [0.29, 0.717) is 31.4 Å². The van der Waals surface area contributed by atoms with Gasteiger partial charge in [0, 0.05) is 18.7 Å². The van der Waals surface area contributed by atoms with E-state index in [2.05, 4.69) is 20.6 Å². The van der Waals surface area contributed by atoms with E-state index in [9.17, 15) is 18.4 Å². The summed E-state index contributed by atoms with van der Waals surface area (Å²) in [5.41, 5.74) is -0.530. The molecule has 3 aromatic rings. The molecule has 1 aromatic heterocycles. The van der Waals surface area contributed by atoms with Gasteiger partial charge >= 0.3 is 0 Å². The zero-order valence-electron chi connectivity index (χ0n) is 16.0. The third-order valence-electron chi connectivity index (χ3n) is 4.75. The summed E-state index contributed by atoms with van der Waals surface area (Å²) in [6.07, 6.45) is 0. The Morgan fingerprint density at radius 2 is 2.10 bits per heavy atom. The van der Waals surface area contributed by atoms with Crippen LogP contribution in [0.15, 0.2) is 24.3 Å². The van der Waals surface area contributed by atoms with Crippen LogP contribution in [0.1, 0.15) is 5.56 Å². The highest BCUT2D eigenvalue weighted by atomic mass is 35.5. The predicted molar refractivity (Wildman–Crippen MR) is 110 cm³/mol. The maximum absolute atomic E-state index is 14.4. The van der Waals surface area contributed by atoms with Crippen molar-refractivity contribution >= 4 is 40.1 Å². The van der Waals surface area contributed by atoms with Crippen LogP contribution >= 0.6 is 11.6 Å². The van der Waals surface area contributed by atoms with Gasteiger partial charge in [-0.2, -0.15) is 0 Å². The highest BCUT2D eigenvalue weighted by molar-refractivity contribution is 6.31. The third kappa shape index (κ3) is 4.30. The Morgan fingerprint density at radius 1 is 1.29 bits per heavy atom. The van der Waals surface area contributed by atoms with Crippen molar-refractivity contribution < 1.29 is 23.1 Å². The molecule has 4 rings (SSSR count). The van der Waals surface area contributed by atoms with Crippen LogP contribution in [0.2, 0.25) is 5.02 Å². The molecule has 0 spiro atoms. The van der Waals surface area contributed by atoms with E-state index in [1.54, 1.807) is 0 Å². The number of hydroxylamine groups is 1. The van der Waals surface area contributed by atoms with Gasteiger partial charge in [-0.1, -0.05) is 11.6 Å². The van der Waals surface area contributed by atoms with Crippen molar-refractivity contribution in [3.05, 3.63) is 52.3 Å². The van der Waals surface area contributed by atoms with Crippen molar-refractivity contribution in [2.75, 3.05) is 36.7 Å². The van der Waals surface area contributed by atoms with Crippen molar-refractivity contribution in [2.24, 2.45) is 0 Å². The first-order valence-electron chi connectivity index (χ1n) is 9.31. The number of hydrogen-bond donors (Lipinski definition) is 5. The maximum atomic E-state index is 14.4. The van der Waals surface area contributed by atoms with Gasteiger partial charge in [-0.15, -0.1) is 0 Å². The molecular formula is C19H18ClF3N6O2. The summed E-state index contributed by atoms with van der Waals surface area (Å²) in [4.78, 5) is 6.90. The van der Waals surface area contributed by atoms with E-state index in [0.717, 1.165) is 18.2 Å². The molecule has 0 aliphatic carbocycles. The number of anilines is 2. The molecule has 1 aliphatic rings. The van der Waals surface area contributed by atoms with Crippen LogP contribution in [-0.4, -0.2) is 53.4 Å². The number of rotatable bonds is 4. The van der Waals surface area contributed by atoms with Gasteiger partial charge in [0.15, 0.2) is 17.5 Å². The molecule has 8 nitrogen and oxygen atoms in total. The Bertz CT molecular complexity index is 1130. The number of ether oxygens (including phenoxy) is 1. The Morgan fingerprint density at radius 3 is 2.87 bits per heavy atom. The lowest BCUT2D eigenvalue weighted by Gasteiger charge is -2.18. The van der Waals surface area contributed by atoms with Gasteiger partial charge in [-0.3, -0.25) is 10.6 Å². The highest BCUT2D eigenvalue weighted by Crippen LogP contribution is 2.28. The zero-order chi connectivity index (χ0) is 22.1. The number of imidazole rings is 1. The highest BCUT2D eigenvalue weighted by Gasteiger charge is 2.23. The summed E-state index contributed by atoms with van der Waals surface area (Å²) in [5, 5.41) is 25.0. The van der Waals surface area contributed by atoms with Crippen LogP contribution in [0.3, 0.4) is 0 Å². The SMILES string of the molecule is N=C(c1cc(F)c(F)c2nc(NC3CNCCOC3)[nH]c12)N(O)c1ccc(F)c(Cl)c1. The number of halogens is 4. The van der Waals surface area contributed by atoms with Gasteiger partial charge in [0.25, 0.3) is 0 Å². The zero-order valence-corrected chi connectivity index (χ0v) is 16.7. The van der Waals surface area contributed by atoms with E-state index in [1.165, 1.54) is 6.07 Å². The van der Waals surface area contributed by atoms with E-state index < -0.39 is 23.3 Å². The van der Waals surface area contributed by atoms with Crippen LogP contribution in [0.25, 0.3) is 11.0 Å². The summed E-state index contributed by atoms with van der Waals surface area (Å²) in [7, 11) is 0. The number of nitrogens with zero attached hydrogens (tertiary/aromatic N) is 2. The Hall–Kier alpha value is -2.86. The van der Waals surface area contributed by atoms with Crippen molar-refractivity contribution in [3.8, 4) is 0 Å². The lowest BCUT2D eigenvalue weighted by Crippen LogP contribution is -2.34. The van der Waals surface area contributed by atoms with Gasteiger partial charge in [0.1, 0.15) is 11.3 Å². The van der Waals surface area contributed by atoms with E-state index in [4.69, 9.17) is 21.7 Å². The molecule has 0 amide bonds. The monoisotopic (exact) mass is 454 g/mol. The molecule has 1 atom stereocenters. The number of fused-ring (bicyclic) bond motifs is 1. The fourth-order valence-electron chi connectivity index (χ4n) is 3.21. The summed E-state index contributed by atoms with van der Waals surface area (Å²) >= 11 is 5.72. The molecule has 164 valence electrons. The second-order valence-electron chi connectivity index (χ2n) is 6.91. The summed E-state index contributed by atoms with van der Waals surface area (Å²) in [5.74, 6) is -3.58. The molecule has 1 saturated heterocycles. The molecule has 0 radical (unpaired) electrons. The summed E-state index contributed by atoms with van der Waals surface area (Å²) in [6, 6.07) is 3.89. The summed E-state index contributed by atoms with van der Waals surface area (Å²) in [6.45, 7) is 2.21. The van der Waals surface area contributed by atoms with Gasteiger partial charge in [0.2, 0.25) is 5.95 Å². The smallest absolute Gasteiger partial charge is 0.201 e. The average Bonchev–Trinajstić information content (AvgIpc) is 3.00. The number of amidine groups is 1. The Labute approximate surface area is 179 Å². The quantitative estimate of drug-likeness (QED) is 0.235. The van der Waals surface area contributed by atoms with E-state index in [1.807, 2.05) is 0 Å². The largest absolute Gasteiger partial charge is 0.378 e. The van der Waals surface area contributed by atoms with Crippen LogP contribution in [0.4, 0.5) is 24.8 Å².